The number of aromatic nitrogens is 2. The second-order valence-corrected chi connectivity index (χ2v) is 5.61. The highest BCUT2D eigenvalue weighted by molar-refractivity contribution is 5.24. The van der Waals surface area contributed by atoms with Gasteiger partial charge in [-0.05, 0) is 6.07 Å². The van der Waals surface area contributed by atoms with E-state index in [-0.39, 0.29) is 5.10 Å². The number of rotatable bonds is 6. The van der Waals surface area contributed by atoms with E-state index in [9.17, 15) is 79.0 Å². The zero-order chi connectivity index (χ0) is 25.3. The van der Waals surface area contributed by atoms with E-state index >= 15 is 0 Å². The van der Waals surface area contributed by atoms with Crippen molar-refractivity contribution in [2.45, 2.75) is 47.9 Å². The Hall–Kier alpha value is -2.05. The predicted octanol–water partition coefficient (Wildman–Crippen LogP) is 6.26. The van der Waals surface area contributed by atoms with Crippen molar-refractivity contribution >= 4 is 0 Å². The average Bonchev–Trinajstić information content (AvgIpc) is 3.03. The average molecular weight is 504 g/mol. The zero-order valence-corrected chi connectivity index (χ0v) is 13.3. The van der Waals surface area contributed by atoms with Crippen LogP contribution in [-0.2, 0) is 11.8 Å². The van der Waals surface area contributed by atoms with Crippen molar-refractivity contribution in [2.24, 2.45) is 0 Å². The molecule has 0 aromatic carbocycles. The number of hydrogen-bond donors (Lipinski definition) is 1. The summed E-state index contributed by atoms with van der Waals surface area (Å²) >= 11 is 0. The molecule has 1 heterocycles. The van der Waals surface area contributed by atoms with Crippen molar-refractivity contribution in [2.75, 3.05) is 0 Å². The van der Waals surface area contributed by atoms with E-state index in [1.807, 2.05) is 0 Å². The van der Waals surface area contributed by atoms with Crippen LogP contribution in [0.15, 0.2) is 6.07 Å². The lowest BCUT2D eigenvalue weighted by Crippen LogP contribution is -2.60. The van der Waals surface area contributed by atoms with Gasteiger partial charge in [-0.1, -0.05) is 0 Å². The molecule has 0 aliphatic carbocycles. The number of aromatic amines is 1. The van der Waals surface area contributed by atoms with Crippen LogP contribution in [-0.4, -0.2) is 46.2 Å². The summed E-state index contributed by atoms with van der Waals surface area (Å²) in [5.74, 6) is -43.9. The van der Waals surface area contributed by atoms with Crippen molar-refractivity contribution in [3.05, 3.63) is 17.5 Å². The molecular weight excluding hydrogens is 502 g/mol. The van der Waals surface area contributed by atoms with Gasteiger partial charge in [-0.2, -0.15) is 84.1 Å². The molecule has 2 nitrogen and oxygen atoms in total. The molecule has 1 aromatic rings. The quantitative estimate of drug-likeness (QED) is 0.456. The fourth-order valence-corrected chi connectivity index (χ4v) is 1.72. The van der Waals surface area contributed by atoms with Crippen LogP contribution in [0, 0.1) is 0 Å². The van der Waals surface area contributed by atoms with Crippen molar-refractivity contribution in [1.29, 1.82) is 0 Å². The first-order valence-electron chi connectivity index (χ1n) is 6.68. The van der Waals surface area contributed by atoms with Crippen LogP contribution in [0.3, 0.4) is 0 Å². The third-order valence-electron chi connectivity index (χ3n) is 3.53. The van der Waals surface area contributed by atoms with Crippen LogP contribution in [0.2, 0.25) is 0 Å². The second-order valence-electron chi connectivity index (χ2n) is 5.61. The Bertz CT molecular complexity index is 732. The molecule has 182 valence electrons. The van der Waals surface area contributed by atoms with Gasteiger partial charge in [-0.25, -0.2) is 0 Å². The van der Waals surface area contributed by atoms with E-state index in [0.29, 0.717) is 0 Å². The lowest BCUT2D eigenvalue weighted by atomic mass is 9.98. The highest BCUT2D eigenvalue weighted by atomic mass is 19.4. The first-order chi connectivity index (χ1) is 13.2. The molecule has 31 heavy (non-hydrogen) atoms. The van der Waals surface area contributed by atoms with Crippen LogP contribution >= 0.6 is 0 Å². The van der Waals surface area contributed by atoms with Gasteiger partial charge >= 0.3 is 47.9 Å². The Kier molecular flexibility index (Phi) is 5.85. The molecular formula is C11H2F18N2. The maximum absolute atomic E-state index is 13.5. The van der Waals surface area contributed by atoms with E-state index < -0.39 is 65.3 Å². The smallest absolute Gasteiger partial charge is 0.276 e. The Balaban J connectivity index is 3.56. The Labute approximate surface area is 156 Å². The van der Waals surface area contributed by atoms with E-state index in [1.165, 1.54) is 0 Å². The monoisotopic (exact) mass is 504 g/mol. The molecule has 20 heteroatoms. The number of nitrogens with zero attached hydrogens (tertiary/aromatic N) is 1. The first-order valence-corrected chi connectivity index (χ1v) is 6.68. The van der Waals surface area contributed by atoms with Crippen LogP contribution in [0.25, 0.3) is 0 Å². The summed E-state index contributed by atoms with van der Waals surface area (Å²) in [6.45, 7) is 0. The summed E-state index contributed by atoms with van der Waals surface area (Å²) in [5, 5.41) is 1.90. The van der Waals surface area contributed by atoms with Crippen molar-refractivity contribution < 1.29 is 79.0 Å². The van der Waals surface area contributed by atoms with E-state index in [2.05, 4.69) is 0 Å². The third-order valence-corrected chi connectivity index (χ3v) is 3.53. The highest BCUT2D eigenvalue weighted by Gasteiger charge is 2.84. The van der Waals surface area contributed by atoms with Gasteiger partial charge in [0.25, 0.3) is 0 Å². The van der Waals surface area contributed by atoms with Gasteiger partial charge in [0.2, 0.25) is 0 Å². The number of halogens is 18. The summed E-state index contributed by atoms with van der Waals surface area (Å²) in [4.78, 5) is 0. The molecule has 0 spiro atoms. The lowest BCUT2D eigenvalue weighted by Gasteiger charge is -2.33. The van der Waals surface area contributed by atoms with Crippen molar-refractivity contribution in [1.82, 2.24) is 10.2 Å². The molecule has 0 saturated heterocycles. The summed E-state index contributed by atoms with van der Waals surface area (Å²) in [5.41, 5.74) is -6.40. The Morgan fingerprint density at radius 1 is 0.484 bits per heavy atom. The SMILES string of the molecule is FC(F)(F)C(F)(F)C(F)(F)C(F)(F)c1cc(C(F)(F)C(F)(F)C(F)(F)C(F)(F)F)[nH]n1. The van der Waals surface area contributed by atoms with Gasteiger partial charge < -0.3 is 0 Å². The first kappa shape index (κ1) is 27.0. The minimum Gasteiger partial charge on any atom is -0.276 e. The molecule has 0 bridgehead atoms. The molecule has 1 aromatic heterocycles. The van der Waals surface area contributed by atoms with E-state index in [1.54, 1.807) is 5.10 Å². The Morgan fingerprint density at radius 3 is 1.13 bits per heavy atom. The summed E-state index contributed by atoms with van der Waals surface area (Å²) in [7, 11) is 0. The van der Waals surface area contributed by atoms with E-state index in [4.69, 9.17) is 0 Å². The van der Waals surface area contributed by atoms with Crippen molar-refractivity contribution in [3.8, 4) is 0 Å². The summed E-state index contributed by atoms with van der Waals surface area (Å²) in [6, 6.07) is -1.50. The number of nitrogens with one attached hydrogen (secondary N) is 1. The lowest BCUT2D eigenvalue weighted by molar-refractivity contribution is -0.400. The molecule has 0 fully saturated rings. The van der Waals surface area contributed by atoms with Crippen LogP contribution in [0.5, 0.6) is 0 Å². The van der Waals surface area contributed by atoms with Crippen molar-refractivity contribution in [3.63, 3.8) is 0 Å². The van der Waals surface area contributed by atoms with Crippen LogP contribution in [0.4, 0.5) is 79.0 Å². The number of H-pyrrole nitrogens is 1. The van der Waals surface area contributed by atoms with Gasteiger partial charge in [0.05, 0.1) is 0 Å². The molecule has 1 rings (SSSR count). The standard InChI is InChI=1S/C11H2F18N2/c12-4(13,6(16,17)8(20,21)10(24,25)26)2-1-3(31-30-2)5(14,15)7(18,19)9(22,23)11(27,28)29/h1H,(H,30,31). The van der Waals surface area contributed by atoms with Gasteiger partial charge in [0.1, 0.15) is 11.4 Å². The molecule has 0 aliphatic heterocycles. The molecule has 0 atom stereocenters. The van der Waals surface area contributed by atoms with Gasteiger partial charge in [0, 0.05) is 0 Å². The minimum atomic E-state index is -7.57. The highest BCUT2D eigenvalue weighted by Crippen LogP contribution is 2.58. The molecule has 0 radical (unpaired) electrons. The summed E-state index contributed by atoms with van der Waals surface area (Å²) < 4.78 is 229. The second kappa shape index (κ2) is 6.72. The number of alkyl halides is 18. The normalized spacial score (nSPS) is 16.1. The topological polar surface area (TPSA) is 28.7 Å². The van der Waals surface area contributed by atoms with Gasteiger partial charge in [-0.15, -0.1) is 0 Å². The molecule has 0 saturated carbocycles. The molecule has 0 amide bonds. The predicted molar refractivity (Wildman–Crippen MR) is 58.3 cm³/mol. The molecule has 0 aliphatic rings. The fraction of sp³-hybridized carbons (Fsp3) is 0.727. The maximum atomic E-state index is 13.5. The minimum absolute atomic E-state index is 0.224. The molecule has 1 N–H and O–H groups in total. The fourth-order valence-electron chi connectivity index (χ4n) is 1.72. The van der Waals surface area contributed by atoms with E-state index in [0.717, 1.165) is 0 Å². The van der Waals surface area contributed by atoms with Gasteiger partial charge in [0.15, 0.2) is 0 Å². The zero-order valence-electron chi connectivity index (χ0n) is 13.3. The maximum Gasteiger partial charge on any atom is 0.460 e. The van der Waals surface area contributed by atoms with Crippen LogP contribution < -0.4 is 0 Å². The third kappa shape index (κ3) is 3.54. The van der Waals surface area contributed by atoms with Gasteiger partial charge in [-0.3, -0.25) is 5.10 Å². The molecule has 0 unspecified atom stereocenters. The van der Waals surface area contributed by atoms with Crippen LogP contribution in [0.1, 0.15) is 11.4 Å². The summed E-state index contributed by atoms with van der Waals surface area (Å²) in [6.07, 6.45) is -14.7. The largest absolute Gasteiger partial charge is 0.460 e. The number of hydrogen-bond acceptors (Lipinski definition) is 1. The Morgan fingerprint density at radius 2 is 0.806 bits per heavy atom.